The minimum Gasteiger partial charge on any atom is -0.394 e. The van der Waals surface area contributed by atoms with Gasteiger partial charge in [0.1, 0.15) is 0 Å². The van der Waals surface area contributed by atoms with Gasteiger partial charge in [-0.05, 0) is 70.6 Å². The van der Waals surface area contributed by atoms with E-state index in [2.05, 4.69) is 55.6 Å². The molecule has 4 heteroatoms. The molecule has 0 spiro atoms. The van der Waals surface area contributed by atoms with Gasteiger partial charge in [-0.2, -0.15) is 0 Å². The third-order valence-electron chi connectivity index (χ3n) is 6.76. The summed E-state index contributed by atoms with van der Waals surface area (Å²) in [5.74, 6) is -0.0931. The predicted molar refractivity (Wildman–Crippen MR) is 165 cm³/mol. The Morgan fingerprint density at radius 3 is 1.58 bits per heavy atom. The molecule has 0 aromatic rings. The molecule has 38 heavy (non-hydrogen) atoms. The second-order valence-corrected chi connectivity index (χ2v) is 10.5. The highest BCUT2D eigenvalue weighted by atomic mass is 16.3. The average molecular weight is 532 g/mol. The van der Waals surface area contributed by atoms with E-state index in [4.69, 9.17) is 0 Å². The zero-order valence-corrected chi connectivity index (χ0v) is 24.9. The van der Waals surface area contributed by atoms with Crippen molar-refractivity contribution in [2.45, 2.75) is 154 Å². The molecule has 2 unspecified atom stereocenters. The molecule has 220 valence electrons. The lowest BCUT2D eigenvalue weighted by molar-refractivity contribution is -0.123. The van der Waals surface area contributed by atoms with Crippen molar-refractivity contribution in [1.82, 2.24) is 5.32 Å². The maximum atomic E-state index is 12.2. The Morgan fingerprint density at radius 2 is 1.03 bits per heavy atom. The van der Waals surface area contributed by atoms with Crippen molar-refractivity contribution in [2.75, 3.05) is 6.61 Å². The van der Waals surface area contributed by atoms with E-state index in [0.29, 0.717) is 6.42 Å². The number of aliphatic hydroxyl groups excluding tert-OH is 2. The quantitative estimate of drug-likeness (QED) is 0.0732. The summed E-state index contributed by atoms with van der Waals surface area (Å²) in [6.07, 6.45) is 38.9. The first-order chi connectivity index (χ1) is 18.7. The van der Waals surface area contributed by atoms with Crippen molar-refractivity contribution in [2.24, 2.45) is 0 Å². The monoisotopic (exact) mass is 531 g/mol. The van der Waals surface area contributed by atoms with Crippen LogP contribution in [0.4, 0.5) is 0 Å². The molecule has 1 amide bonds. The number of allylic oxidation sites excluding steroid dienone is 7. The molecule has 0 aromatic heterocycles. The van der Waals surface area contributed by atoms with Crippen LogP contribution in [-0.2, 0) is 4.79 Å². The van der Waals surface area contributed by atoms with Gasteiger partial charge in [0, 0.05) is 6.42 Å². The van der Waals surface area contributed by atoms with Crippen molar-refractivity contribution >= 4 is 5.91 Å². The van der Waals surface area contributed by atoms with Crippen LogP contribution in [0.2, 0.25) is 0 Å². The van der Waals surface area contributed by atoms with Gasteiger partial charge in [0.05, 0.1) is 18.8 Å². The van der Waals surface area contributed by atoms with Crippen LogP contribution in [0.3, 0.4) is 0 Å². The summed E-state index contributed by atoms with van der Waals surface area (Å²) in [5.41, 5.74) is 0. The normalized spacial score (nSPS) is 13.9. The second-order valence-electron chi connectivity index (χ2n) is 10.5. The highest BCUT2D eigenvalue weighted by Gasteiger charge is 2.17. The van der Waals surface area contributed by atoms with E-state index in [0.717, 1.165) is 51.4 Å². The zero-order valence-electron chi connectivity index (χ0n) is 24.9. The molecule has 0 saturated carbocycles. The number of hydrogen-bond acceptors (Lipinski definition) is 3. The van der Waals surface area contributed by atoms with Gasteiger partial charge in [0.2, 0.25) is 5.91 Å². The van der Waals surface area contributed by atoms with Crippen LogP contribution in [0.5, 0.6) is 0 Å². The van der Waals surface area contributed by atoms with Crippen molar-refractivity contribution in [3.05, 3.63) is 48.6 Å². The van der Waals surface area contributed by atoms with Crippen LogP contribution < -0.4 is 5.32 Å². The predicted octanol–water partition coefficient (Wildman–Crippen LogP) is 8.89. The fourth-order valence-electron chi connectivity index (χ4n) is 4.26. The highest BCUT2D eigenvalue weighted by Crippen LogP contribution is 2.09. The van der Waals surface area contributed by atoms with E-state index < -0.39 is 12.1 Å². The van der Waals surface area contributed by atoms with Gasteiger partial charge in [-0.1, -0.05) is 114 Å². The maximum absolute atomic E-state index is 12.2. The Morgan fingerprint density at radius 1 is 0.605 bits per heavy atom. The molecule has 0 rings (SSSR count). The Bertz CT molecular complexity index is 623. The molecule has 0 aromatic carbocycles. The lowest BCUT2D eigenvalue weighted by Crippen LogP contribution is -2.45. The molecule has 3 N–H and O–H groups in total. The summed E-state index contributed by atoms with van der Waals surface area (Å²) in [7, 11) is 0. The largest absolute Gasteiger partial charge is 0.394 e. The van der Waals surface area contributed by atoms with E-state index in [-0.39, 0.29) is 12.5 Å². The first-order valence-electron chi connectivity index (χ1n) is 15.9. The summed E-state index contributed by atoms with van der Waals surface area (Å²) in [6, 6.07) is -0.646. The first kappa shape index (κ1) is 36.4. The van der Waals surface area contributed by atoms with E-state index in [1.54, 1.807) is 6.08 Å². The minimum absolute atomic E-state index is 0.0931. The molecule has 0 saturated heterocycles. The van der Waals surface area contributed by atoms with Crippen molar-refractivity contribution in [3.63, 3.8) is 0 Å². The Kier molecular flexibility index (Phi) is 28.6. The van der Waals surface area contributed by atoms with Crippen LogP contribution >= 0.6 is 0 Å². The molecule has 0 bridgehead atoms. The Labute approximate surface area is 235 Å². The molecule has 0 aliphatic heterocycles. The van der Waals surface area contributed by atoms with Gasteiger partial charge in [-0.3, -0.25) is 4.79 Å². The van der Waals surface area contributed by atoms with Crippen LogP contribution in [0.25, 0.3) is 0 Å². The SMILES string of the molecule is CCCCC/C=C\CCCCCCCC(=O)NC(CO)C(O)/C=C/CC/C=C/CC/C=C/CCCCCC. The van der Waals surface area contributed by atoms with E-state index in [1.807, 2.05) is 6.08 Å². The van der Waals surface area contributed by atoms with Gasteiger partial charge < -0.3 is 15.5 Å². The number of hydrogen-bond donors (Lipinski definition) is 3. The number of carbonyl (C=O) groups excluding carboxylic acids is 1. The van der Waals surface area contributed by atoms with Crippen molar-refractivity contribution in [3.8, 4) is 0 Å². The number of aliphatic hydroxyl groups is 2. The minimum atomic E-state index is -0.870. The average Bonchev–Trinajstić information content (AvgIpc) is 2.92. The summed E-state index contributed by atoms with van der Waals surface area (Å²) >= 11 is 0. The van der Waals surface area contributed by atoms with Crippen LogP contribution in [0.1, 0.15) is 142 Å². The molecule has 0 aliphatic rings. The molecular formula is C34H61NO3. The topological polar surface area (TPSA) is 69.6 Å². The molecule has 0 heterocycles. The Balaban J connectivity index is 3.80. The maximum Gasteiger partial charge on any atom is 0.220 e. The summed E-state index contributed by atoms with van der Waals surface area (Å²) in [5, 5.41) is 22.7. The van der Waals surface area contributed by atoms with Gasteiger partial charge in [0.25, 0.3) is 0 Å². The van der Waals surface area contributed by atoms with Gasteiger partial charge in [0.15, 0.2) is 0 Å². The number of amides is 1. The third-order valence-corrected chi connectivity index (χ3v) is 6.76. The molecule has 4 nitrogen and oxygen atoms in total. The number of carbonyl (C=O) groups is 1. The van der Waals surface area contributed by atoms with Crippen LogP contribution in [-0.4, -0.2) is 34.9 Å². The molecule has 0 radical (unpaired) electrons. The fourth-order valence-corrected chi connectivity index (χ4v) is 4.26. The summed E-state index contributed by atoms with van der Waals surface area (Å²) in [4.78, 5) is 12.2. The van der Waals surface area contributed by atoms with Crippen LogP contribution in [0, 0.1) is 0 Å². The lowest BCUT2D eigenvalue weighted by atomic mass is 10.1. The molecule has 0 aliphatic carbocycles. The standard InChI is InChI=1S/C34H61NO3/c1-3-5-7-9-11-13-15-17-18-19-21-23-25-27-29-33(37)32(31-36)35-34(38)30-28-26-24-22-20-16-14-12-10-8-6-4-2/h12-15,19,21,27,29,32-33,36-37H,3-11,16-18,20,22-26,28,30-31H2,1-2H3,(H,35,38)/b14-12-,15-13+,21-19+,29-27+. The molecule has 0 fully saturated rings. The summed E-state index contributed by atoms with van der Waals surface area (Å²) in [6.45, 7) is 4.21. The first-order valence-corrected chi connectivity index (χ1v) is 15.9. The van der Waals surface area contributed by atoms with Gasteiger partial charge >= 0.3 is 0 Å². The summed E-state index contributed by atoms with van der Waals surface area (Å²) < 4.78 is 0. The van der Waals surface area contributed by atoms with Gasteiger partial charge in [-0.15, -0.1) is 0 Å². The second kappa shape index (κ2) is 29.9. The van der Waals surface area contributed by atoms with E-state index in [9.17, 15) is 15.0 Å². The highest BCUT2D eigenvalue weighted by molar-refractivity contribution is 5.76. The zero-order chi connectivity index (χ0) is 27.9. The molecular weight excluding hydrogens is 470 g/mol. The number of nitrogens with one attached hydrogen (secondary N) is 1. The van der Waals surface area contributed by atoms with E-state index in [1.165, 1.54) is 70.6 Å². The number of unbranched alkanes of at least 4 members (excludes halogenated alkanes) is 14. The lowest BCUT2D eigenvalue weighted by Gasteiger charge is -2.19. The van der Waals surface area contributed by atoms with Crippen molar-refractivity contribution in [1.29, 1.82) is 0 Å². The van der Waals surface area contributed by atoms with Gasteiger partial charge in [-0.25, -0.2) is 0 Å². The fraction of sp³-hybridized carbons (Fsp3) is 0.735. The van der Waals surface area contributed by atoms with E-state index >= 15 is 0 Å². The third kappa shape index (κ3) is 26.0. The Hall–Kier alpha value is -1.65. The smallest absolute Gasteiger partial charge is 0.220 e. The van der Waals surface area contributed by atoms with Crippen LogP contribution in [0.15, 0.2) is 48.6 Å². The molecule has 2 atom stereocenters. The number of rotatable bonds is 27. The van der Waals surface area contributed by atoms with Crippen molar-refractivity contribution < 1.29 is 15.0 Å².